The molecule has 0 aliphatic carbocycles. The third-order valence-corrected chi connectivity index (χ3v) is 4.12. The summed E-state index contributed by atoms with van der Waals surface area (Å²) in [6.45, 7) is 2.42. The van der Waals surface area contributed by atoms with Crippen LogP contribution in [0.4, 0.5) is 8.78 Å². The Kier molecular flexibility index (Phi) is 5.67. The number of amides is 1. The molecule has 0 aromatic heterocycles. The van der Waals surface area contributed by atoms with Gasteiger partial charge < -0.3 is 10.2 Å². The number of hydrogen-bond acceptors (Lipinski definition) is 2. The van der Waals surface area contributed by atoms with Gasteiger partial charge in [0, 0.05) is 18.7 Å². The van der Waals surface area contributed by atoms with E-state index < -0.39 is 11.6 Å². The number of rotatable bonds is 5. The summed E-state index contributed by atoms with van der Waals surface area (Å²) >= 11 is 0. The van der Waals surface area contributed by atoms with Crippen molar-refractivity contribution in [2.75, 3.05) is 26.7 Å². The molecule has 0 radical (unpaired) electrons. The highest BCUT2D eigenvalue weighted by molar-refractivity contribution is 5.78. The molecule has 21 heavy (non-hydrogen) atoms. The van der Waals surface area contributed by atoms with E-state index in [1.165, 1.54) is 0 Å². The third kappa shape index (κ3) is 4.49. The van der Waals surface area contributed by atoms with Gasteiger partial charge in [-0.1, -0.05) is 0 Å². The number of likely N-dealkylation sites (tertiary alicyclic amines) is 1. The first-order valence-corrected chi connectivity index (χ1v) is 7.46. The lowest BCUT2D eigenvalue weighted by Gasteiger charge is -2.32. The zero-order chi connectivity index (χ0) is 15.2. The molecule has 0 spiro atoms. The maximum Gasteiger partial charge on any atom is 0.227 e. The summed E-state index contributed by atoms with van der Waals surface area (Å²) in [5, 5.41) is 3.14. The Morgan fingerprint density at radius 3 is 2.71 bits per heavy atom. The van der Waals surface area contributed by atoms with Crippen LogP contribution in [0.25, 0.3) is 0 Å². The first-order chi connectivity index (χ1) is 10.1. The van der Waals surface area contributed by atoms with Crippen LogP contribution >= 0.6 is 0 Å². The van der Waals surface area contributed by atoms with Crippen LogP contribution in [0.3, 0.4) is 0 Å². The molecule has 3 nitrogen and oxygen atoms in total. The summed E-state index contributed by atoms with van der Waals surface area (Å²) < 4.78 is 26.7. The van der Waals surface area contributed by atoms with Crippen LogP contribution in [0.5, 0.6) is 0 Å². The maximum atomic E-state index is 13.6. The van der Waals surface area contributed by atoms with Gasteiger partial charge in [0.2, 0.25) is 5.91 Å². The van der Waals surface area contributed by atoms with Gasteiger partial charge in [-0.25, -0.2) is 8.78 Å². The van der Waals surface area contributed by atoms with Gasteiger partial charge >= 0.3 is 0 Å². The van der Waals surface area contributed by atoms with Gasteiger partial charge in [0.1, 0.15) is 11.6 Å². The predicted molar refractivity (Wildman–Crippen MR) is 77.9 cm³/mol. The van der Waals surface area contributed by atoms with E-state index in [-0.39, 0.29) is 17.9 Å². The maximum absolute atomic E-state index is 13.6. The Bertz CT molecular complexity index is 485. The number of halogens is 2. The molecular formula is C16H22F2N2O. The van der Waals surface area contributed by atoms with Gasteiger partial charge in [0.15, 0.2) is 0 Å². The average molecular weight is 296 g/mol. The lowest BCUT2D eigenvalue weighted by atomic mass is 9.93. The summed E-state index contributed by atoms with van der Waals surface area (Å²) in [6, 6.07) is 3.24. The van der Waals surface area contributed by atoms with E-state index >= 15 is 0 Å². The van der Waals surface area contributed by atoms with Crippen molar-refractivity contribution >= 4 is 5.91 Å². The van der Waals surface area contributed by atoms with Crippen LogP contribution in [0.1, 0.15) is 24.8 Å². The number of benzene rings is 1. The van der Waals surface area contributed by atoms with E-state index in [1.54, 1.807) is 4.90 Å². The van der Waals surface area contributed by atoms with Crippen LogP contribution in [0, 0.1) is 17.6 Å². The van der Waals surface area contributed by atoms with E-state index in [0.717, 1.165) is 44.0 Å². The topological polar surface area (TPSA) is 32.3 Å². The Balaban J connectivity index is 1.86. The lowest BCUT2D eigenvalue weighted by molar-refractivity contribution is -0.131. The molecule has 1 heterocycles. The molecule has 1 N–H and O–H groups in total. The van der Waals surface area contributed by atoms with Crippen LogP contribution in [0.2, 0.25) is 0 Å². The molecule has 116 valence electrons. The summed E-state index contributed by atoms with van der Waals surface area (Å²) in [6.07, 6.45) is 3.03. The second-order valence-electron chi connectivity index (χ2n) is 5.63. The molecular weight excluding hydrogens is 274 g/mol. The normalized spacial score (nSPS) is 16.2. The monoisotopic (exact) mass is 296 g/mol. The predicted octanol–water partition coefficient (Wildman–Crippen LogP) is 2.36. The number of piperidine rings is 1. The second-order valence-corrected chi connectivity index (χ2v) is 5.63. The number of hydrogen-bond donors (Lipinski definition) is 1. The molecule has 1 aliphatic rings. The zero-order valence-electron chi connectivity index (χ0n) is 12.4. The summed E-state index contributed by atoms with van der Waals surface area (Å²) in [4.78, 5) is 13.9. The van der Waals surface area contributed by atoms with Crippen LogP contribution in [-0.4, -0.2) is 37.5 Å². The highest BCUT2D eigenvalue weighted by Gasteiger charge is 2.23. The molecule has 1 aliphatic heterocycles. The zero-order valence-corrected chi connectivity index (χ0v) is 12.4. The van der Waals surface area contributed by atoms with Crippen LogP contribution in [-0.2, 0) is 11.2 Å². The number of nitrogens with one attached hydrogen (secondary N) is 1. The number of carbonyl (C=O) groups excluding carboxylic acids is 1. The molecule has 1 aromatic rings. The summed E-state index contributed by atoms with van der Waals surface area (Å²) in [7, 11) is 1.94. The van der Waals surface area contributed by atoms with Gasteiger partial charge in [0.25, 0.3) is 0 Å². The van der Waals surface area contributed by atoms with Crippen LogP contribution in [0.15, 0.2) is 18.2 Å². The van der Waals surface area contributed by atoms with Crippen molar-refractivity contribution in [1.29, 1.82) is 0 Å². The molecule has 0 bridgehead atoms. The smallest absolute Gasteiger partial charge is 0.227 e. The molecule has 0 unspecified atom stereocenters. The SMILES string of the molecule is CNCCC1CCN(C(=O)Cc2cc(F)ccc2F)CC1. The van der Waals surface area contributed by atoms with Crippen LogP contribution < -0.4 is 5.32 Å². The summed E-state index contributed by atoms with van der Waals surface area (Å²) in [5.74, 6) is -0.502. The molecule has 1 fully saturated rings. The molecule has 0 saturated carbocycles. The Labute approximate surface area is 124 Å². The van der Waals surface area contributed by atoms with Crippen molar-refractivity contribution in [3.63, 3.8) is 0 Å². The van der Waals surface area contributed by atoms with Gasteiger partial charge in [-0.15, -0.1) is 0 Å². The van der Waals surface area contributed by atoms with E-state index in [2.05, 4.69) is 5.32 Å². The fourth-order valence-corrected chi connectivity index (χ4v) is 2.77. The summed E-state index contributed by atoms with van der Waals surface area (Å²) in [5.41, 5.74) is 0.136. The van der Waals surface area contributed by atoms with Crippen molar-refractivity contribution in [2.24, 2.45) is 5.92 Å². The largest absolute Gasteiger partial charge is 0.342 e. The van der Waals surface area contributed by atoms with Crippen molar-refractivity contribution in [3.8, 4) is 0 Å². The molecule has 5 heteroatoms. The fraction of sp³-hybridized carbons (Fsp3) is 0.562. The highest BCUT2D eigenvalue weighted by atomic mass is 19.1. The number of nitrogens with zero attached hydrogens (tertiary/aromatic N) is 1. The highest BCUT2D eigenvalue weighted by Crippen LogP contribution is 2.21. The second kappa shape index (κ2) is 7.50. The van der Waals surface area contributed by atoms with Gasteiger partial charge in [-0.2, -0.15) is 0 Å². The Morgan fingerprint density at radius 2 is 2.05 bits per heavy atom. The lowest BCUT2D eigenvalue weighted by Crippen LogP contribution is -2.39. The van der Waals surface area contributed by atoms with E-state index in [1.807, 2.05) is 7.05 Å². The Morgan fingerprint density at radius 1 is 1.33 bits per heavy atom. The van der Waals surface area contributed by atoms with Crippen molar-refractivity contribution in [1.82, 2.24) is 10.2 Å². The molecule has 1 aromatic carbocycles. The molecule has 0 atom stereocenters. The quantitative estimate of drug-likeness (QED) is 0.904. The van der Waals surface area contributed by atoms with Crippen molar-refractivity contribution < 1.29 is 13.6 Å². The van der Waals surface area contributed by atoms with Crippen molar-refractivity contribution in [2.45, 2.75) is 25.7 Å². The van der Waals surface area contributed by atoms with E-state index in [0.29, 0.717) is 19.0 Å². The third-order valence-electron chi connectivity index (χ3n) is 4.12. The first kappa shape index (κ1) is 15.9. The van der Waals surface area contributed by atoms with Gasteiger partial charge in [-0.05, 0) is 57.0 Å². The molecule has 2 rings (SSSR count). The standard InChI is InChI=1S/C16H22F2N2O/c1-19-7-4-12-5-8-20(9-6-12)16(21)11-13-10-14(17)2-3-15(13)18/h2-3,10,12,19H,4-9,11H2,1H3. The molecule has 1 saturated heterocycles. The molecule has 1 amide bonds. The van der Waals surface area contributed by atoms with Gasteiger partial charge in [0.05, 0.1) is 6.42 Å². The minimum Gasteiger partial charge on any atom is -0.342 e. The van der Waals surface area contributed by atoms with Crippen molar-refractivity contribution in [3.05, 3.63) is 35.4 Å². The first-order valence-electron chi connectivity index (χ1n) is 7.46. The number of carbonyl (C=O) groups is 1. The minimum atomic E-state index is -0.520. The van der Waals surface area contributed by atoms with Gasteiger partial charge in [-0.3, -0.25) is 4.79 Å². The minimum absolute atomic E-state index is 0.0647. The average Bonchev–Trinajstić information content (AvgIpc) is 2.49. The fourth-order valence-electron chi connectivity index (χ4n) is 2.77. The van der Waals surface area contributed by atoms with E-state index in [4.69, 9.17) is 0 Å². The van der Waals surface area contributed by atoms with E-state index in [9.17, 15) is 13.6 Å². The Hall–Kier alpha value is -1.49.